The zero-order valence-electron chi connectivity index (χ0n) is 20.3. The molecule has 0 N–H and O–H groups in total. The summed E-state index contributed by atoms with van der Waals surface area (Å²) in [6, 6.07) is 7.59. The highest BCUT2D eigenvalue weighted by Gasteiger charge is 2.41. The van der Waals surface area contributed by atoms with Gasteiger partial charge in [0.25, 0.3) is 0 Å². The van der Waals surface area contributed by atoms with Crippen molar-refractivity contribution in [1.82, 2.24) is 0 Å². The lowest BCUT2D eigenvalue weighted by Crippen LogP contribution is -2.31. The summed E-state index contributed by atoms with van der Waals surface area (Å²) in [6.45, 7) is 13.2. The van der Waals surface area contributed by atoms with Crippen LogP contribution >= 0.6 is 15.9 Å². The molecule has 0 radical (unpaired) electrons. The molecule has 2 aliphatic rings. The predicted molar refractivity (Wildman–Crippen MR) is 134 cm³/mol. The van der Waals surface area contributed by atoms with E-state index in [1.54, 1.807) is 6.07 Å². The van der Waals surface area contributed by atoms with Gasteiger partial charge in [0.05, 0.1) is 30.0 Å². The van der Waals surface area contributed by atoms with E-state index in [4.69, 9.17) is 19.2 Å². The largest absolute Gasteiger partial charge is 0.490 e. The van der Waals surface area contributed by atoms with Crippen LogP contribution in [0.5, 0.6) is 11.5 Å². The topological polar surface area (TPSA) is 57.1 Å². The van der Waals surface area contributed by atoms with E-state index < -0.39 is 0 Å². The van der Waals surface area contributed by atoms with E-state index >= 15 is 0 Å². The number of carbonyl (C=O) groups excluding carboxylic acids is 1. The number of carbonyl (C=O) groups is 1. The first-order valence-corrected chi connectivity index (χ1v) is 12.7. The minimum atomic E-state index is -0.336. The van der Waals surface area contributed by atoms with Gasteiger partial charge in [0.2, 0.25) is 0 Å². The number of halogens is 1. The maximum atomic E-state index is 12.4. The van der Waals surface area contributed by atoms with Crippen molar-refractivity contribution in [2.24, 2.45) is 4.99 Å². The molecule has 0 aromatic heterocycles. The fraction of sp³-hybridized carbons (Fsp3) is 0.481. The van der Waals surface area contributed by atoms with Crippen molar-refractivity contribution in [3.8, 4) is 11.5 Å². The highest BCUT2D eigenvalue weighted by Crippen LogP contribution is 2.51. The first-order valence-electron chi connectivity index (χ1n) is 11.6. The Hall–Kier alpha value is -2.34. The highest BCUT2D eigenvalue weighted by atomic mass is 79.9. The van der Waals surface area contributed by atoms with Gasteiger partial charge in [-0.3, -0.25) is 4.99 Å². The van der Waals surface area contributed by atoms with E-state index in [-0.39, 0.29) is 17.1 Å². The van der Waals surface area contributed by atoms with Crippen molar-refractivity contribution in [2.75, 3.05) is 13.2 Å². The molecule has 5 nitrogen and oxygen atoms in total. The second-order valence-electron chi connectivity index (χ2n) is 9.82. The molecular weight excluding hydrogens is 482 g/mol. The number of esters is 1. The molecule has 2 aliphatic heterocycles. The third kappa shape index (κ3) is 4.42. The smallest absolute Gasteiger partial charge is 0.338 e. The minimum Gasteiger partial charge on any atom is -0.490 e. The molecule has 33 heavy (non-hydrogen) atoms. The maximum absolute atomic E-state index is 12.4. The Labute approximate surface area is 204 Å². The summed E-state index contributed by atoms with van der Waals surface area (Å²) in [6.07, 6.45) is 1.57. The number of alkyl halides is 1. The molecule has 0 unspecified atom stereocenters. The molecule has 2 heterocycles. The molecular formula is C27H32BrNO4. The fourth-order valence-electron chi connectivity index (χ4n) is 4.84. The summed E-state index contributed by atoms with van der Waals surface area (Å²) >= 11 is 3.72. The monoisotopic (exact) mass is 513 g/mol. The van der Waals surface area contributed by atoms with Gasteiger partial charge in [-0.2, -0.15) is 0 Å². The SMILES string of the molecule is CCOC(=O)c1cccc(C2=NC(C)(C)Cc3c(CBr)c(OCC)c4c(c32)CC(C)(C)O4)c1. The Kier molecular flexibility index (Phi) is 6.34. The Morgan fingerprint density at radius 2 is 1.88 bits per heavy atom. The number of ether oxygens (including phenoxy) is 3. The van der Waals surface area contributed by atoms with E-state index in [9.17, 15) is 4.79 Å². The van der Waals surface area contributed by atoms with E-state index in [1.165, 1.54) is 5.56 Å². The van der Waals surface area contributed by atoms with Crippen molar-refractivity contribution < 1.29 is 19.0 Å². The third-order valence-corrected chi connectivity index (χ3v) is 6.59. The van der Waals surface area contributed by atoms with E-state index in [2.05, 4.69) is 43.6 Å². The van der Waals surface area contributed by atoms with Gasteiger partial charge in [0.1, 0.15) is 5.60 Å². The quantitative estimate of drug-likeness (QED) is 0.348. The summed E-state index contributed by atoms with van der Waals surface area (Å²) < 4.78 is 17.8. The molecule has 0 saturated carbocycles. The molecule has 0 atom stereocenters. The number of benzene rings is 2. The van der Waals surface area contributed by atoms with Gasteiger partial charge in [-0.05, 0) is 65.7 Å². The average Bonchev–Trinajstić information content (AvgIpc) is 3.08. The van der Waals surface area contributed by atoms with Crippen LogP contribution in [0, 0.1) is 0 Å². The highest BCUT2D eigenvalue weighted by molar-refractivity contribution is 9.08. The van der Waals surface area contributed by atoms with Gasteiger partial charge in [-0.1, -0.05) is 28.1 Å². The zero-order valence-corrected chi connectivity index (χ0v) is 21.9. The summed E-state index contributed by atoms with van der Waals surface area (Å²) in [5.74, 6) is 1.34. The van der Waals surface area contributed by atoms with Gasteiger partial charge in [-0.25, -0.2) is 4.79 Å². The van der Waals surface area contributed by atoms with Crippen LogP contribution in [0.3, 0.4) is 0 Å². The van der Waals surface area contributed by atoms with Crippen LogP contribution in [-0.4, -0.2) is 36.0 Å². The number of hydrogen-bond donors (Lipinski definition) is 0. The molecule has 0 fully saturated rings. The lowest BCUT2D eigenvalue weighted by Gasteiger charge is -2.33. The number of fused-ring (bicyclic) bond motifs is 3. The van der Waals surface area contributed by atoms with Gasteiger partial charge < -0.3 is 14.2 Å². The third-order valence-electron chi connectivity index (χ3n) is 6.03. The van der Waals surface area contributed by atoms with Crippen molar-refractivity contribution in [3.05, 3.63) is 57.6 Å². The van der Waals surface area contributed by atoms with Crippen LogP contribution in [0.1, 0.15) is 79.7 Å². The second-order valence-corrected chi connectivity index (χ2v) is 10.4. The zero-order chi connectivity index (χ0) is 24.0. The predicted octanol–water partition coefficient (Wildman–Crippen LogP) is 6.04. The summed E-state index contributed by atoms with van der Waals surface area (Å²) in [7, 11) is 0. The van der Waals surface area contributed by atoms with Crippen LogP contribution in [0.15, 0.2) is 29.3 Å². The minimum absolute atomic E-state index is 0.300. The molecule has 2 aromatic carbocycles. The van der Waals surface area contributed by atoms with Crippen molar-refractivity contribution >= 4 is 27.6 Å². The number of nitrogens with zero attached hydrogens (tertiary/aromatic N) is 1. The van der Waals surface area contributed by atoms with Crippen LogP contribution in [0.25, 0.3) is 0 Å². The standard InChI is InChI=1S/C27H32BrNO4/c1-7-31-23-20(15-28)18-13-26(3,4)29-22(21(18)19-14-27(5,6)33-24(19)23)16-10-9-11-17(12-16)25(30)32-8-2/h9-12H,7-8,13-15H2,1-6H3. The van der Waals surface area contributed by atoms with Crippen LogP contribution in [0.2, 0.25) is 0 Å². The molecule has 0 spiro atoms. The number of hydrogen-bond acceptors (Lipinski definition) is 5. The van der Waals surface area contributed by atoms with Gasteiger partial charge in [-0.15, -0.1) is 0 Å². The molecule has 4 rings (SSSR count). The maximum Gasteiger partial charge on any atom is 0.338 e. The average molecular weight is 514 g/mol. The lowest BCUT2D eigenvalue weighted by atomic mass is 9.78. The molecule has 0 amide bonds. The molecule has 2 aromatic rings. The Bertz CT molecular complexity index is 1130. The second kappa shape index (κ2) is 8.79. The van der Waals surface area contributed by atoms with Crippen LogP contribution < -0.4 is 9.47 Å². The number of aliphatic imine (C=N–C) groups is 1. The van der Waals surface area contributed by atoms with Crippen molar-refractivity contribution in [1.29, 1.82) is 0 Å². The van der Waals surface area contributed by atoms with Crippen molar-refractivity contribution in [2.45, 2.75) is 70.9 Å². The summed E-state index contributed by atoms with van der Waals surface area (Å²) in [5.41, 5.74) is 6.32. The number of rotatable bonds is 6. The molecule has 6 heteroatoms. The van der Waals surface area contributed by atoms with E-state index in [1.807, 2.05) is 32.0 Å². The first-order chi connectivity index (χ1) is 15.6. The molecule has 176 valence electrons. The lowest BCUT2D eigenvalue weighted by molar-refractivity contribution is 0.0526. The van der Waals surface area contributed by atoms with E-state index in [0.717, 1.165) is 52.3 Å². The van der Waals surface area contributed by atoms with Crippen LogP contribution in [-0.2, 0) is 22.9 Å². The fourth-order valence-corrected chi connectivity index (χ4v) is 5.43. The van der Waals surface area contributed by atoms with Crippen LogP contribution in [0.4, 0.5) is 0 Å². The Morgan fingerprint density at radius 1 is 1.12 bits per heavy atom. The molecule has 0 bridgehead atoms. The molecule has 0 saturated heterocycles. The van der Waals surface area contributed by atoms with Gasteiger partial charge in [0, 0.05) is 34.0 Å². The van der Waals surface area contributed by atoms with E-state index in [0.29, 0.717) is 24.1 Å². The summed E-state index contributed by atoms with van der Waals surface area (Å²) in [5, 5.41) is 0.661. The van der Waals surface area contributed by atoms with Gasteiger partial charge in [0.15, 0.2) is 11.5 Å². The molecule has 0 aliphatic carbocycles. The van der Waals surface area contributed by atoms with Gasteiger partial charge >= 0.3 is 5.97 Å². The Balaban J connectivity index is 1.99. The normalized spacial score (nSPS) is 17.5. The van der Waals surface area contributed by atoms with Crippen molar-refractivity contribution in [3.63, 3.8) is 0 Å². The Morgan fingerprint density at radius 3 is 2.55 bits per heavy atom. The first kappa shape index (κ1) is 23.8. The summed E-state index contributed by atoms with van der Waals surface area (Å²) in [4.78, 5) is 17.6.